The maximum absolute atomic E-state index is 14.1. The minimum atomic E-state index is -4.15. The monoisotopic (exact) mass is 617 g/mol. The molecule has 1 atom stereocenters. The number of hydrogen-bond acceptors (Lipinski definition) is 4. The number of amides is 2. The van der Waals surface area contributed by atoms with Gasteiger partial charge in [0.05, 0.1) is 20.6 Å². The second-order valence-electron chi connectivity index (χ2n) is 11.3. The lowest BCUT2D eigenvalue weighted by Crippen LogP contribution is -2.54. The molecule has 0 aliphatic rings. The van der Waals surface area contributed by atoms with Gasteiger partial charge in [-0.05, 0) is 89.9 Å². The quantitative estimate of drug-likeness (QED) is 0.299. The van der Waals surface area contributed by atoms with Crippen LogP contribution in [-0.4, -0.2) is 43.3 Å². The molecule has 41 heavy (non-hydrogen) atoms. The lowest BCUT2D eigenvalue weighted by molar-refractivity contribution is -0.140. The Bertz CT molecular complexity index is 1530. The number of nitrogens with zero attached hydrogens (tertiary/aromatic N) is 2. The molecule has 0 aromatic heterocycles. The first-order valence-electron chi connectivity index (χ1n) is 13.2. The van der Waals surface area contributed by atoms with Gasteiger partial charge in [0, 0.05) is 12.1 Å². The van der Waals surface area contributed by atoms with E-state index in [0.717, 1.165) is 15.4 Å². The molecule has 0 aliphatic heterocycles. The van der Waals surface area contributed by atoms with Crippen molar-refractivity contribution < 1.29 is 18.0 Å². The fourth-order valence-corrected chi connectivity index (χ4v) is 6.13. The van der Waals surface area contributed by atoms with E-state index in [0.29, 0.717) is 26.9 Å². The van der Waals surface area contributed by atoms with Crippen LogP contribution in [0.2, 0.25) is 10.0 Å². The van der Waals surface area contributed by atoms with E-state index in [4.69, 9.17) is 23.2 Å². The predicted octanol–water partition coefficient (Wildman–Crippen LogP) is 6.45. The molecule has 1 N–H and O–H groups in total. The molecule has 3 aromatic rings. The van der Waals surface area contributed by atoms with Crippen LogP contribution in [0.5, 0.6) is 0 Å². The van der Waals surface area contributed by atoms with E-state index in [2.05, 4.69) is 5.32 Å². The number of sulfonamides is 1. The van der Waals surface area contributed by atoms with E-state index < -0.39 is 34.1 Å². The second-order valence-corrected chi connectivity index (χ2v) is 14.0. The molecule has 3 aromatic carbocycles. The third-order valence-corrected chi connectivity index (χ3v) is 9.02. The summed E-state index contributed by atoms with van der Waals surface area (Å²) in [5.74, 6) is -0.923. The third-order valence-electron chi connectivity index (χ3n) is 6.51. The summed E-state index contributed by atoms with van der Waals surface area (Å²) < 4.78 is 29.1. The lowest BCUT2D eigenvalue weighted by Gasteiger charge is -2.34. The van der Waals surface area contributed by atoms with Crippen LogP contribution in [0.3, 0.4) is 0 Å². The van der Waals surface area contributed by atoms with Gasteiger partial charge in [0.2, 0.25) is 11.8 Å². The zero-order valence-corrected chi connectivity index (χ0v) is 26.8. The molecule has 0 saturated heterocycles. The molecule has 0 saturated carbocycles. The van der Waals surface area contributed by atoms with Gasteiger partial charge in [0.15, 0.2) is 0 Å². The number of nitrogens with one attached hydrogen (secondary N) is 1. The first-order valence-corrected chi connectivity index (χ1v) is 15.4. The molecule has 220 valence electrons. The smallest absolute Gasteiger partial charge is 0.264 e. The van der Waals surface area contributed by atoms with E-state index in [1.807, 2.05) is 40.7 Å². The average Bonchev–Trinajstić information content (AvgIpc) is 2.87. The number of benzene rings is 3. The highest BCUT2D eigenvalue weighted by Gasteiger charge is 2.34. The molecule has 10 heteroatoms. The number of hydrogen-bond donors (Lipinski definition) is 1. The summed E-state index contributed by atoms with van der Waals surface area (Å²) in [5.41, 5.74) is 3.05. The molecule has 0 spiro atoms. The summed E-state index contributed by atoms with van der Waals surface area (Å²) in [6, 6.07) is 15.9. The zero-order valence-electron chi connectivity index (χ0n) is 24.5. The molecule has 0 unspecified atom stereocenters. The van der Waals surface area contributed by atoms with Crippen LogP contribution in [-0.2, 0) is 26.2 Å². The molecule has 0 aliphatic carbocycles. The van der Waals surface area contributed by atoms with E-state index in [1.165, 1.54) is 17.0 Å². The van der Waals surface area contributed by atoms with Crippen molar-refractivity contribution in [2.75, 3.05) is 10.8 Å². The van der Waals surface area contributed by atoms with Crippen molar-refractivity contribution in [1.82, 2.24) is 10.2 Å². The summed E-state index contributed by atoms with van der Waals surface area (Å²) in [6.07, 6.45) is 0. The number of carbonyl (C=O) groups excluding carboxylic acids is 2. The first kappa shape index (κ1) is 32.4. The number of rotatable bonds is 9. The molecular formula is C31H37Cl2N3O4S. The van der Waals surface area contributed by atoms with Crippen LogP contribution in [0.4, 0.5) is 5.69 Å². The van der Waals surface area contributed by atoms with Gasteiger partial charge >= 0.3 is 0 Å². The van der Waals surface area contributed by atoms with Crippen LogP contribution in [0.15, 0.2) is 65.6 Å². The van der Waals surface area contributed by atoms with Crippen molar-refractivity contribution in [3.05, 3.63) is 93.0 Å². The highest BCUT2D eigenvalue weighted by molar-refractivity contribution is 7.92. The molecular weight excluding hydrogens is 581 g/mol. The van der Waals surface area contributed by atoms with E-state index >= 15 is 0 Å². The normalized spacial score (nSPS) is 12.5. The predicted molar refractivity (Wildman–Crippen MR) is 166 cm³/mol. The summed E-state index contributed by atoms with van der Waals surface area (Å²) >= 11 is 12.3. The summed E-state index contributed by atoms with van der Waals surface area (Å²) in [7, 11) is -4.15. The Balaban J connectivity index is 2.09. The van der Waals surface area contributed by atoms with Gasteiger partial charge in [-0.25, -0.2) is 8.42 Å². The molecule has 0 heterocycles. The van der Waals surface area contributed by atoms with Gasteiger partial charge in [-0.2, -0.15) is 0 Å². The van der Waals surface area contributed by atoms with Crippen molar-refractivity contribution in [1.29, 1.82) is 0 Å². The molecule has 0 fully saturated rings. The number of aryl methyl sites for hydroxylation is 3. The summed E-state index contributed by atoms with van der Waals surface area (Å²) in [4.78, 5) is 28.7. The lowest BCUT2D eigenvalue weighted by atomic mass is 10.1. The molecule has 7 nitrogen and oxygen atoms in total. The SMILES string of the molecule is Cc1ccc(S(=O)(=O)N(CC(=O)N(Cc2ccc(Cl)c(Cl)c2)[C@@H](C)C(=O)NC(C)(C)C)c2ccc(C)cc2C)cc1. The summed E-state index contributed by atoms with van der Waals surface area (Å²) in [5, 5.41) is 3.58. The van der Waals surface area contributed by atoms with Gasteiger partial charge < -0.3 is 10.2 Å². The van der Waals surface area contributed by atoms with Crippen molar-refractivity contribution in [3.8, 4) is 0 Å². The number of carbonyl (C=O) groups is 2. The number of halogens is 2. The minimum absolute atomic E-state index is 0.0136. The molecule has 0 bridgehead atoms. The van der Waals surface area contributed by atoms with Crippen molar-refractivity contribution in [3.63, 3.8) is 0 Å². The van der Waals surface area contributed by atoms with E-state index in [1.54, 1.807) is 56.3 Å². The van der Waals surface area contributed by atoms with E-state index in [9.17, 15) is 18.0 Å². The maximum atomic E-state index is 14.1. The van der Waals surface area contributed by atoms with Crippen LogP contribution in [0, 0.1) is 20.8 Å². The maximum Gasteiger partial charge on any atom is 0.264 e. The van der Waals surface area contributed by atoms with Crippen LogP contribution in [0.1, 0.15) is 49.9 Å². The van der Waals surface area contributed by atoms with Crippen LogP contribution >= 0.6 is 23.2 Å². The number of anilines is 1. The Labute approximate surface area is 253 Å². The van der Waals surface area contributed by atoms with Crippen molar-refractivity contribution in [2.45, 2.75) is 71.5 Å². The van der Waals surface area contributed by atoms with Gasteiger partial charge in [-0.1, -0.05) is 64.7 Å². The Kier molecular flexibility index (Phi) is 10.2. The third kappa shape index (κ3) is 8.24. The zero-order chi connectivity index (χ0) is 30.7. The Morgan fingerprint density at radius 2 is 1.49 bits per heavy atom. The highest BCUT2D eigenvalue weighted by atomic mass is 35.5. The first-order chi connectivity index (χ1) is 19.0. The standard InChI is InChI=1S/C31H37Cl2N3O4S/c1-20-8-12-25(13-9-20)41(39,40)36(28-15-10-21(2)16-22(28)3)19-29(37)35(23(4)30(38)34-31(5,6)7)18-24-11-14-26(32)27(33)17-24/h8-17,23H,18-19H2,1-7H3,(H,34,38)/t23-/m0/s1. The highest BCUT2D eigenvalue weighted by Crippen LogP contribution is 2.29. The average molecular weight is 619 g/mol. The van der Waals surface area contributed by atoms with Crippen molar-refractivity contribution in [2.24, 2.45) is 0 Å². The van der Waals surface area contributed by atoms with Crippen molar-refractivity contribution >= 4 is 50.7 Å². The fourth-order valence-electron chi connectivity index (χ4n) is 4.33. The summed E-state index contributed by atoms with van der Waals surface area (Å²) in [6.45, 7) is 12.2. The Hall–Kier alpha value is -3.07. The molecule has 0 radical (unpaired) electrons. The van der Waals surface area contributed by atoms with Gasteiger partial charge in [-0.3, -0.25) is 13.9 Å². The van der Waals surface area contributed by atoms with E-state index in [-0.39, 0.29) is 17.3 Å². The molecule has 2 amide bonds. The minimum Gasteiger partial charge on any atom is -0.350 e. The van der Waals surface area contributed by atoms with Gasteiger partial charge in [-0.15, -0.1) is 0 Å². The van der Waals surface area contributed by atoms with Crippen LogP contribution in [0.25, 0.3) is 0 Å². The topological polar surface area (TPSA) is 86.8 Å². The van der Waals surface area contributed by atoms with Crippen LogP contribution < -0.4 is 9.62 Å². The largest absolute Gasteiger partial charge is 0.350 e. The second kappa shape index (κ2) is 12.8. The Morgan fingerprint density at radius 1 is 0.878 bits per heavy atom. The van der Waals surface area contributed by atoms with Gasteiger partial charge in [0.25, 0.3) is 10.0 Å². The fraction of sp³-hybridized carbons (Fsp3) is 0.355. The molecule has 3 rings (SSSR count). The van der Waals surface area contributed by atoms with Gasteiger partial charge in [0.1, 0.15) is 12.6 Å². The Morgan fingerprint density at radius 3 is 2.05 bits per heavy atom.